The molecule has 0 aliphatic carbocycles. The SMILES string of the molecule is COC(=O)[C@H](CN(c1ccc(Oc2ccc(C)cc2)cc1)S(C)(=O)=O)NC(=O)C(C)C. The zero-order valence-corrected chi connectivity index (χ0v) is 19.1. The van der Waals surface area contributed by atoms with Gasteiger partial charge in [0.25, 0.3) is 0 Å². The molecule has 0 saturated carbocycles. The van der Waals surface area contributed by atoms with E-state index < -0.39 is 22.0 Å². The van der Waals surface area contributed by atoms with Crippen molar-refractivity contribution in [3.63, 3.8) is 0 Å². The normalized spacial score (nSPS) is 12.2. The Labute approximate surface area is 183 Å². The third-order valence-electron chi connectivity index (χ3n) is 4.46. The second-order valence-corrected chi connectivity index (χ2v) is 9.35. The molecule has 168 valence electrons. The molecule has 0 fully saturated rings. The highest BCUT2D eigenvalue weighted by molar-refractivity contribution is 7.92. The quantitative estimate of drug-likeness (QED) is 0.592. The molecule has 9 heteroatoms. The number of benzene rings is 2. The van der Waals surface area contributed by atoms with E-state index in [-0.39, 0.29) is 18.4 Å². The fraction of sp³-hybridized carbons (Fsp3) is 0.364. The molecule has 0 unspecified atom stereocenters. The Balaban J connectivity index is 2.25. The number of methoxy groups -OCH3 is 1. The number of ether oxygens (including phenoxy) is 2. The maximum Gasteiger partial charge on any atom is 0.330 e. The second kappa shape index (κ2) is 10.3. The van der Waals surface area contributed by atoms with E-state index in [0.717, 1.165) is 16.1 Å². The number of esters is 1. The summed E-state index contributed by atoms with van der Waals surface area (Å²) >= 11 is 0. The van der Waals surface area contributed by atoms with Gasteiger partial charge in [0, 0.05) is 5.92 Å². The Hall–Kier alpha value is -3.07. The van der Waals surface area contributed by atoms with Crippen LogP contribution in [0.1, 0.15) is 19.4 Å². The first kappa shape index (κ1) is 24.2. The average molecular weight is 449 g/mol. The highest BCUT2D eigenvalue weighted by atomic mass is 32.2. The van der Waals surface area contributed by atoms with Gasteiger partial charge in [0.2, 0.25) is 15.9 Å². The van der Waals surface area contributed by atoms with Crippen molar-refractivity contribution in [1.29, 1.82) is 0 Å². The Bertz CT molecular complexity index is 1000. The number of hydrogen-bond donors (Lipinski definition) is 1. The summed E-state index contributed by atoms with van der Waals surface area (Å²) in [5.74, 6) is -0.316. The molecule has 2 aromatic rings. The predicted octanol–water partition coefficient (Wildman–Crippen LogP) is 2.87. The van der Waals surface area contributed by atoms with Gasteiger partial charge in [-0.2, -0.15) is 0 Å². The van der Waals surface area contributed by atoms with Crippen LogP contribution in [0.3, 0.4) is 0 Å². The van der Waals surface area contributed by atoms with Crippen LogP contribution < -0.4 is 14.4 Å². The molecule has 2 rings (SSSR count). The summed E-state index contributed by atoms with van der Waals surface area (Å²) in [6, 6.07) is 12.8. The zero-order chi connectivity index (χ0) is 23.2. The van der Waals surface area contributed by atoms with E-state index >= 15 is 0 Å². The van der Waals surface area contributed by atoms with Gasteiger partial charge in [-0.15, -0.1) is 0 Å². The second-order valence-electron chi connectivity index (χ2n) is 7.44. The molecule has 0 radical (unpaired) electrons. The third-order valence-corrected chi connectivity index (χ3v) is 5.62. The monoisotopic (exact) mass is 448 g/mol. The number of carbonyl (C=O) groups excluding carboxylic acids is 2. The van der Waals surface area contributed by atoms with Gasteiger partial charge in [0.15, 0.2) is 0 Å². The molecule has 0 aromatic heterocycles. The number of hydrogen-bond acceptors (Lipinski definition) is 6. The summed E-state index contributed by atoms with van der Waals surface area (Å²) in [5.41, 5.74) is 1.43. The topological polar surface area (TPSA) is 102 Å². The van der Waals surface area contributed by atoms with Crippen molar-refractivity contribution in [2.75, 3.05) is 24.2 Å². The molecule has 0 aliphatic heterocycles. The van der Waals surface area contributed by atoms with E-state index in [0.29, 0.717) is 17.2 Å². The van der Waals surface area contributed by atoms with Crippen molar-refractivity contribution >= 4 is 27.6 Å². The van der Waals surface area contributed by atoms with Gasteiger partial charge in [-0.3, -0.25) is 9.10 Å². The Morgan fingerprint density at radius 3 is 1.97 bits per heavy atom. The molecule has 0 saturated heterocycles. The molecule has 0 spiro atoms. The predicted molar refractivity (Wildman–Crippen MR) is 119 cm³/mol. The molecule has 0 bridgehead atoms. The van der Waals surface area contributed by atoms with Gasteiger partial charge in [-0.25, -0.2) is 13.2 Å². The molecule has 1 amide bonds. The number of anilines is 1. The number of nitrogens with one attached hydrogen (secondary N) is 1. The molecule has 0 aliphatic rings. The van der Waals surface area contributed by atoms with E-state index in [1.165, 1.54) is 7.11 Å². The average Bonchev–Trinajstić information content (AvgIpc) is 2.71. The fourth-order valence-corrected chi connectivity index (χ4v) is 3.61. The molecule has 8 nitrogen and oxygen atoms in total. The van der Waals surface area contributed by atoms with Crippen molar-refractivity contribution in [3.05, 3.63) is 54.1 Å². The highest BCUT2D eigenvalue weighted by Crippen LogP contribution is 2.26. The van der Waals surface area contributed by atoms with Crippen molar-refractivity contribution in [2.24, 2.45) is 5.92 Å². The van der Waals surface area contributed by atoms with Crippen LogP contribution >= 0.6 is 0 Å². The molecule has 1 N–H and O–H groups in total. The first-order valence-corrected chi connectivity index (χ1v) is 11.6. The largest absolute Gasteiger partial charge is 0.467 e. The minimum atomic E-state index is -3.75. The Morgan fingerprint density at radius 1 is 1.00 bits per heavy atom. The van der Waals surface area contributed by atoms with E-state index in [4.69, 9.17) is 9.47 Å². The number of amides is 1. The van der Waals surface area contributed by atoms with Crippen LogP contribution in [0.2, 0.25) is 0 Å². The lowest BCUT2D eigenvalue weighted by atomic mass is 10.2. The smallest absolute Gasteiger partial charge is 0.330 e. The number of sulfonamides is 1. The summed E-state index contributed by atoms with van der Waals surface area (Å²) in [6.45, 7) is 5.02. The number of aryl methyl sites for hydroxylation is 1. The van der Waals surface area contributed by atoms with E-state index in [1.54, 1.807) is 38.1 Å². The molecule has 1 atom stereocenters. The van der Waals surface area contributed by atoms with Gasteiger partial charge in [0.05, 0.1) is 25.6 Å². The highest BCUT2D eigenvalue weighted by Gasteiger charge is 2.29. The maximum atomic E-state index is 12.4. The van der Waals surface area contributed by atoms with E-state index in [9.17, 15) is 18.0 Å². The minimum Gasteiger partial charge on any atom is -0.467 e. The van der Waals surface area contributed by atoms with Crippen molar-refractivity contribution in [2.45, 2.75) is 26.8 Å². The van der Waals surface area contributed by atoms with E-state index in [1.807, 2.05) is 31.2 Å². The lowest BCUT2D eigenvalue weighted by Crippen LogP contribution is -2.51. The number of rotatable bonds is 9. The Morgan fingerprint density at radius 2 is 1.52 bits per heavy atom. The van der Waals surface area contributed by atoms with Gasteiger partial charge in [0.1, 0.15) is 17.5 Å². The standard InChI is InChI=1S/C22H28N2O6S/c1-15(2)21(25)23-20(22(26)29-4)14-24(31(5,27)28)17-8-12-19(13-9-17)30-18-10-6-16(3)7-11-18/h6-13,15,20H,14H2,1-5H3,(H,23,25)/t20-/m0/s1. The summed E-state index contributed by atoms with van der Waals surface area (Å²) in [4.78, 5) is 24.2. The van der Waals surface area contributed by atoms with Crippen LogP contribution in [0.4, 0.5) is 5.69 Å². The van der Waals surface area contributed by atoms with Crippen molar-refractivity contribution < 1.29 is 27.5 Å². The lowest BCUT2D eigenvalue weighted by molar-refractivity contribution is -0.145. The fourth-order valence-electron chi connectivity index (χ4n) is 2.68. The number of carbonyl (C=O) groups is 2. The summed E-state index contributed by atoms with van der Waals surface area (Å²) < 4.78 is 36.4. The lowest BCUT2D eigenvalue weighted by Gasteiger charge is -2.27. The molecule has 0 heterocycles. The van der Waals surface area contributed by atoms with Crippen LogP contribution in [-0.4, -0.2) is 46.2 Å². The first-order chi connectivity index (χ1) is 14.5. The zero-order valence-electron chi connectivity index (χ0n) is 18.3. The molecule has 31 heavy (non-hydrogen) atoms. The number of nitrogens with zero attached hydrogens (tertiary/aromatic N) is 1. The summed E-state index contributed by atoms with van der Waals surface area (Å²) in [7, 11) is -2.57. The van der Waals surface area contributed by atoms with Gasteiger partial charge in [-0.05, 0) is 43.3 Å². The summed E-state index contributed by atoms with van der Waals surface area (Å²) in [5, 5.41) is 2.54. The van der Waals surface area contributed by atoms with Gasteiger partial charge < -0.3 is 14.8 Å². The van der Waals surface area contributed by atoms with Gasteiger partial charge >= 0.3 is 5.97 Å². The minimum absolute atomic E-state index is 0.303. The van der Waals surface area contributed by atoms with Crippen molar-refractivity contribution in [1.82, 2.24) is 5.32 Å². The maximum absolute atomic E-state index is 12.4. The van der Waals surface area contributed by atoms with Crippen LogP contribution in [0.15, 0.2) is 48.5 Å². The van der Waals surface area contributed by atoms with Crippen LogP contribution in [0, 0.1) is 12.8 Å². The van der Waals surface area contributed by atoms with Gasteiger partial charge in [-0.1, -0.05) is 31.5 Å². The van der Waals surface area contributed by atoms with Crippen molar-refractivity contribution in [3.8, 4) is 11.5 Å². The molecular formula is C22H28N2O6S. The Kier molecular flexibility index (Phi) is 8.04. The van der Waals surface area contributed by atoms with E-state index in [2.05, 4.69) is 5.32 Å². The third kappa shape index (κ3) is 6.99. The molecule has 2 aromatic carbocycles. The summed E-state index contributed by atoms with van der Waals surface area (Å²) in [6.07, 6.45) is 1.03. The molecular weight excluding hydrogens is 420 g/mol. The van der Waals surface area contributed by atoms with Crippen LogP contribution in [-0.2, 0) is 24.3 Å². The van der Waals surface area contributed by atoms with Crippen LogP contribution in [0.5, 0.6) is 11.5 Å². The van der Waals surface area contributed by atoms with Crippen LogP contribution in [0.25, 0.3) is 0 Å². The first-order valence-electron chi connectivity index (χ1n) is 9.71.